The molecule has 0 unspecified atom stereocenters. The summed E-state index contributed by atoms with van der Waals surface area (Å²) in [6.45, 7) is 4.72. The number of carbonyl (C=O) groups excluding carboxylic acids is 2. The van der Waals surface area contributed by atoms with E-state index in [4.69, 9.17) is 4.74 Å². The van der Waals surface area contributed by atoms with E-state index < -0.39 is 18.1 Å². The molecule has 0 spiro atoms. The van der Waals surface area contributed by atoms with Gasteiger partial charge in [-0.1, -0.05) is 48.5 Å². The summed E-state index contributed by atoms with van der Waals surface area (Å²) in [6, 6.07) is 16.1. The predicted molar refractivity (Wildman–Crippen MR) is 120 cm³/mol. The van der Waals surface area contributed by atoms with Crippen molar-refractivity contribution in [2.75, 3.05) is 31.1 Å². The summed E-state index contributed by atoms with van der Waals surface area (Å²) >= 11 is 0. The van der Waals surface area contributed by atoms with Gasteiger partial charge in [-0.15, -0.1) is 0 Å². The number of rotatable bonds is 8. The van der Waals surface area contributed by atoms with E-state index in [1.54, 1.807) is 17.0 Å². The highest BCUT2D eigenvalue weighted by atomic mass is 16.5. The molecule has 2 amide bonds. The fourth-order valence-corrected chi connectivity index (χ4v) is 3.71. The first-order valence-electron chi connectivity index (χ1n) is 10.7. The molecule has 0 aromatic heterocycles. The minimum Gasteiger partial charge on any atom is -0.480 e. The van der Waals surface area contributed by atoms with E-state index >= 15 is 0 Å². The van der Waals surface area contributed by atoms with Crippen molar-refractivity contribution in [3.8, 4) is 0 Å². The first kappa shape index (κ1) is 23.1. The SMILES string of the molecule is Cc1ccccc1N1CCN(C(=O)CC[C@H](NC(=O)OCc2ccccc2)C(=O)O)CC1. The van der Waals surface area contributed by atoms with Crippen LogP contribution in [0.25, 0.3) is 0 Å². The van der Waals surface area contributed by atoms with Gasteiger partial charge in [0, 0.05) is 38.3 Å². The van der Waals surface area contributed by atoms with Crippen LogP contribution >= 0.6 is 0 Å². The fraction of sp³-hybridized carbons (Fsp3) is 0.375. The highest BCUT2D eigenvalue weighted by Gasteiger charge is 2.25. The Kier molecular flexibility index (Phi) is 8.08. The third-order valence-electron chi connectivity index (χ3n) is 5.54. The van der Waals surface area contributed by atoms with Crippen molar-refractivity contribution in [1.29, 1.82) is 0 Å². The molecule has 170 valence electrons. The van der Waals surface area contributed by atoms with Gasteiger partial charge in [0.1, 0.15) is 12.6 Å². The molecule has 1 fully saturated rings. The number of alkyl carbamates (subject to hydrolysis) is 1. The number of para-hydroxylation sites is 1. The Morgan fingerprint density at radius 3 is 2.31 bits per heavy atom. The molecule has 1 aliphatic heterocycles. The van der Waals surface area contributed by atoms with Gasteiger partial charge in [-0.3, -0.25) is 4.79 Å². The number of hydrogen-bond donors (Lipinski definition) is 2. The Morgan fingerprint density at radius 1 is 1.00 bits per heavy atom. The van der Waals surface area contributed by atoms with Crippen LogP contribution in [-0.2, 0) is 20.9 Å². The monoisotopic (exact) mass is 439 g/mol. The number of hydrogen-bond acceptors (Lipinski definition) is 5. The molecule has 2 aromatic rings. The number of carboxylic acids is 1. The Hall–Kier alpha value is -3.55. The van der Waals surface area contributed by atoms with E-state index in [1.807, 2.05) is 30.3 Å². The Labute approximate surface area is 187 Å². The van der Waals surface area contributed by atoms with Gasteiger partial charge in [0.2, 0.25) is 5.91 Å². The van der Waals surface area contributed by atoms with Crippen LogP contribution in [-0.4, -0.2) is 60.2 Å². The first-order chi connectivity index (χ1) is 15.4. The molecule has 0 radical (unpaired) electrons. The van der Waals surface area contributed by atoms with E-state index in [0.29, 0.717) is 13.1 Å². The predicted octanol–water partition coefficient (Wildman–Crippen LogP) is 2.80. The third kappa shape index (κ3) is 6.47. The molecule has 8 heteroatoms. The van der Waals surface area contributed by atoms with Gasteiger partial charge in [-0.05, 0) is 30.5 Å². The number of amides is 2. The van der Waals surface area contributed by atoms with Gasteiger partial charge < -0.3 is 25.0 Å². The van der Waals surface area contributed by atoms with E-state index in [2.05, 4.69) is 29.3 Å². The normalized spacial score (nSPS) is 14.5. The summed E-state index contributed by atoms with van der Waals surface area (Å²) in [6.07, 6.45) is -0.770. The van der Waals surface area contributed by atoms with Crippen LogP contribution in [0.15, 0.2) is 54.6 Å². The van der Waals surface area contributed by atoms with Crippen molar-refractivity contribution in [3.05, 3.63) is 65.7 Å². The number of carboxylic acid groups (broad SMARTS) is 1. The van der Waals surface area contributed by atoms with E-state index in [9.17, 15) is 19.5 Å². The minimum absolute atomic E-state index is 0.00656. The summed E-state index contributed by atoms with van der Waals surface area (Å²) in [5.74, 6) is -1.31. The van der Waals surface area contributed by atoms with Crippen molar-refractivity contribution in [3.63, 3.8) is 0 Å². The quantitative estimate of drug-likeness (QED) is 0.656. The molecule has 1 saturated heterocycles. The summed E-state index contributed by atoms with van der Waals surface area (Å²) in [5.41, 5.74) is 3.17. The van der Waals surface area contributed by atoms with Gasteiger partial charge in [0.05, 0.1) is 0 Å². The standard InChI is InChI=1S/C24H29N3O5/c1-18-7-5-6-10-21(18)26-13-15-27(16-14-26)22(28)12-11-20(23(29)30)25-24(31)32-17-19-8-3-2-4-9-19/h2-10,20H,11-17H2,1H3,(H,25,31)(H,29,30)/t20-/m0/s1. The average molecular weight is 440 g/mol. The molecule has 2 N–H and O–H groups in total. The third-order valence-corrected chi connectivity index (χ3v) is 5.54. The number of aryl methyl sites for hydroxylation is 1. The molecule has 1 heterocycles. The van der Waals surface area contributed by atoms with Gasteiger partial charge in [-0.25, -0.2) is 9.59 Å². The zero-order valence-corrected chi connectivity index (χ0v) is 18.2. The fourth-order valence-electron chi connectivity index (χ4n) is 3.71. The van der Waals surface area contributed by atoms with Crippen molar-refractivity contribution < 1.29 is 24.2 Å². The van der Waals surface area contributed by atoms with Crippen LogP contribution in [0.1, 0.15) is 24.0 Å². The molecule has 0 bridgehead atoms. The largest absolute Gasteiger partial charge is 0.480 e. The second-order valence-corrected chi connectivity index (χ2v) is 7.79. The smallest absolute Gasteiger partial charge is 0.408 e. The van der Waals surface area contributed by atoms with Gasteiger partial charge in [-0.2, -0.15) is 0 Å². The van der Waals surface area contributed by atoms with Crippen LogP contribution in [0.5, 0.6) is 0 Å². The molecule has 3 rings (SSSR count). The number of carbonyl (C=O) groups is 3. The molecular formula is C24H29N3O5. The molecule has 8 nitrogen and oxygen atoms in total. The van der Waals surface area contributed by atoms with Crippen LogP contribution in [0.2, 0.25) is 0 Å². The van der Waals surface area contributed by atoms with Crippen molar-refractivity contribution in [2.45, 2.75) is 32.4 Å². The summed E-state index contributed by atoms with van der Waals surface area (Å²) in [7, 11) is 0. The van der Waals surface area contributed by atoms with Gasteiger partial charge in [0.15, 0.2) is 0 Å². The highest BCUT2D eigenvalue weighted by molar-refractivity contribution is 5.82. The number of anilines is 1. The molecule has 1 aliphatic rings. The molecule has 0 saturated carbocycles. The number of benzene rings is 2. The zero-order valence-electron chi connectivity index (χ0n) is 18.2. The minimum atomic E-state index is -1.20. The number of ether oxygens (including phenoxy) is 1. The maximum absolute atomic E-state index is 12.6. The lowest BCUT2D eigenvalue weighted by Gasteiger charge is -2.37. The summed E-state index contributed by atoms with van der Waals surface area (Å²) in [4.78, 5) is 40.1. The summed E-state index contributed by atoms with van der Waals surface area (Å²) < 4.78 is 5.08. The molecule has 1 atom stereocenters. The molecule has 2 aromatic carbocycles. The number of nitrogens with one attached hydrogen (secondary N) is 1. The topological polar surface area (TPSA) is 99.2 Å². The lowest BCUT2D eigenvalue weighted by molar-refractivity contribution is -0.140. The van der Waals surface area contributed by atoms with Crippen molar-refractivity contribution in [1.82, 2.24) is 10.2 Å². The number of nitrogens with zero attached hydrogens (tertiary/aromatic N) is 2. The average Bonchev–Trinajstić information content (AvgIpc) is 2.81. The van der Waals surface area contributed by atoms with Gasteiger partial charge in [0.25, 0.3) is 0 Å². The van der Waals surface area contributed by atoms with Crippen LogP contribution in [0, 0.1) is 6.92 Å². The second kappa shape index (κ2) is 11.2. The van der Waals surface area contributed by atoms with E-state index in [-0.39, 0.29) is 25.4 Å². The van der Waals surface area contributed by atoms with Crippen LogP contribution in [0.4, 0.5) is 10.5 Å². The first-order valence-corrected chi connectivity index (χ1v) is 10.7. The van der Waals surface area contributed by atoms with E-state index in [1.165, 1.54) is 11.3 Å². The van der Waals surface area contributed by atoms with Crippen LogP contribution in [0.3, 0.4) is 0 Å². The molecule has 0 aliphatic carbocycles. The lowest BCUT2D eigenvalue weighted by atomic mass is 10.1. The number of aliphatic carboxylic acids is 1. The highest BCUT2D eigenvalue weighted by Crippen LogP contribution is 2.21. The molecular weight excluding hydrogens is 410 g/mol. The van der Waals surface area contributed by atoms with Crippen molar-refractivity contribution in [2.24, 2.45) is 0 Å². The lowest BCUT2D eigenvalue weighted by Crippen LogP contribution is -2.49. The van der Waals surface area contributed by atoms with Gasteiger partial charge >= 0.3 is 12.1 Å². The van der Waals surface area contributed by atoms with Crippen molar-refractivity contribution >= 4 is 23.7 Å². The van der Waals surface area contributed by atoms with E-state index in [0.717, 1.165) is 18.7 Å². The molecule has 32 heavy (non-hydrogen) atoms. The Bertz CT molecular complexity index is 926. The number of piperazine rings is 1. The maximum Gasteiger partial charge on any atom is 0.408 e. The summed E-state index contributed by atoms with van der Waals surface area (Å²) in [5, 5.41) is 11.8. The zero-order chi connectivity index (χ0) is 22.9. The Morgan fingerprint density at radius 2 is 1.66 bits per heavy atom. The Balaban J connectivity index is 1.43. The second-order valence-electron chi connectivity index (χ2n) is 7.79. The van der Waals surface area contributed by atoms with Crippen LogP contribution < -0.4 is 10.2 Å². The maximum atomic E-state index is 12.6.